The Hall–Kier alpha value is -0.450. The van der Waals surface area contributed by atoms with Crippen molar-refractivity contribution in [2.24, 2.45) is 5.92 Å². The first-order chi connectivity index (χ1) is 8.20. The van der Waals surface area contributed by atoms with E-state index in [2.05, 4.69) is 28.2 Å². The Morgan fingerprint density at radius 1 is 1.53 bits per heavy atom. The smallest absolute Gasteiger partial charge is 0.124 e. The topological polar surface area (TPSA) is 21.3 Å². The first-order valence-electron chi connectivity index (χ1n) is 5.98. The van der Waals surface area contributed by atoms with E-state index in [-0.39, 0.29) is 11.9 Å². The number of hydrogen-bond acceptors (Lipinski definition) is 2. The van der Waals surface area contributed by atoms with Crippen LogP contribution in [0.2, 0.25) is 0 Å². The van der Waals surface area contributed by atoms with E-state index in [0.717, 1.165) is 36.2 Å². The van der Waals surface area contributed by atoms with Gasteiger partial charge in [-0.1, -0.05) is 22.9 Å². The van der Waals surface area contributed by atoms with E-state index < -0.39 is 0 Å². The van der Waals surface area contributed by atoms with E-state index in [1.807, 2.05) is 6.07 Å². The summed E-state index contributed by atoms with van der Waals surface area (Å²) in [6, 6.07) is 5.25. The molecule has 1 aromatic carbocycles. The molecule has 1 aromatic rings. The minimum Gasteiger partial charge on any atom is -0.381 e. The molecular formula is C13H17BrFNO. The Bertz CT molecular complexity index is 359. The van der Waals surface area contributed by atoms with Crippen LogP contribution in [0.4, 0.5) is 4.39 Å². The molecule has 0 saturated carbocycles. The molecule has 94 valence electrons. The molecular weight excluding hydrogens is 285 g/mol. The number of halogens is 2. The molecule has 0 radical (unpaired) electrons. The summed E-state index contributed by atoms with van der Waals surface area (Å²) in [5, 5.41) is 3.43. The molecule has 2 nitrogen and oxygen atoms in total. The maximum atomic E-state index is 13.4. The summed E-state index contributed by atoms with van der Waals surface area (Å²) in [5.41, 5.74) is 0.995. The zero-order valence-electron chi connectivity index (χ0n) is 9.88. The molecule has 17 heavy (non-hydrogen) atoms. The fourth-order valence-electron chi connectivity index (χ4n) is 2.35. The van der Waals surface area contributed by atoms with Gasteiger partial charge in [-0.05, 0) is 36.7 Å². The van der Waals surface area contributed by atoms with Crippen LogP contribution in [0.1, 0.15) is 24.9 Å². The molecule has 2 rings (SSSR count). The molecule has 0 aliphatic carbocycles. The highest BCUT2D eigenvalue weighted by molar-refractivity contribution is 9.10. The van der Waals surface area contributed by atoms with Gasteiger partial charge in [0.1, 0.15) is 5.82 Å². The molecule has 0 spiro atoms. The molecule has 1 heterocycles. The van der Waals surface area contributed by atoms with Crippen LogP contribution in [0.3, 0.4) is 0 Å². The van der Waals surface area contributed by atoms with E-state index >= 15 is 0 Å². The summed E-state index contributed by atoms with van der Waals surface area (Å²) in [4.78, 5) is 0. The van der Waals surface area contributed by atoms with Gasteiger partial charge < -0.3 is 10.1 Å². The van der Waals surface area contributed by atoms with Crippen LogP contribution in [0.5, 0.6) is 0 Å². The molecule has 4 heteroatoms. The van der Waals surface area contributed by atoms with Gasteiger partial charge >= 0.3 is 0 Å². The Morgan fingerprint density at radius 3 is 2.94 bits per heavy atom. The van der Waals surface area contributed by atoms with Gasteiger partial charge in [0.15, 0.2) is 0 Å². The molecule has 2 unspecified atom stereocenters. The molecule has 1 N–H and O–H groups in total. The Labute approximate surface area is 110 Å². The second-order valence-corrected chi connectivity index (χ2v) is 5.28. The SMILES string of the molecule is CCNC(c1cc(F)cc(Br)c1)C1CCOC1. The quantitative estimate of drug-likeness (QED) is 0.921. The zero-order valence-corrected chi connectivity index (χ0v) is 11.5. The predicted octanol–water partition coefficient (Wildman–Crippen LogP) is 3.28. The van der Waals surface area contributed by atoms with Crippen molar-refractivity contribution >= 4 is 15.9 Å². The number of nitrogens with one attached hydrogen (secondary N) is 1. The molecule has 0 aromatic heterocycles. The molecule has 2 atom stereocenters. The van der Waals surface area contributed by atoms with Crippen molar-refractivity contribution in [2.45, 2.75) is 19.4 Å². The van der Waals surface area contributed by atoms with Crippen LogP contribution in [0.15, 0.2) is 22.7 Å². The summed E-state index contributed by atoms with van der Waals surface area (Å²) in [6.07, 6.45) is 1.03. The van der Waals surface area contributed by atoms with E-state index in [4.69, 9.17) is 4.74 Å². The minimum atomic E-state index is -0.198. The van der Waals surface area contributed by atoms with Gasteiger partial charge in [0.25, 0.3) is 0 Å². The zero-order chi connectivity index (χ0) is 12.3. The largest absolute Gasteiger partial charge is 0.381 e. The highest BCUT2D eigenvalue weighted by Crippen LogP contribution is 2.30. The van der Waals surface area contributed by atoms with E-state index in [9.17, 15) is 4.39 Å². The van der Waals surface area contributed by atoms with Crippen molar-refractivity contribution in [3.05, 3.63) is 34.1 Å². The predicted molar refractivity (Wildman–Crippen MR) is 69.4 cm³/mol. The lowest BCUT2D eigenvalue weighted by Crippen LogP contribution is -2.28. The normalized spacial score (nSPS) is 21.7. The lowest BCUT2D eigenvalue weighted by Gasteiger charge is -2.24. The van der Waals surface area contributed by atoms with Crippen LogP contribution in [0, 0.1) is 11.7 Å². The molecule has 1 aliphatic rings. The van der Waals surface area contributed by atoms with Gasteiger partial charge in [-0.25, -0.2) is 4.39 Å². The Morgan fingerprint density at radius 2 is 2.35 bits per heavy atom. The van der Waals surface area contributed by atoms with Crippen LogP contribution in [-0.2, 0) is 4.74 Å². The van der Waals surface area contributed by atoms with Gasteiger partial charge in [-0.2, -0.15) is 0 Å². The molecule has 1 aliphatic heterocycles. The molecule has 1 fully saturated rings. The van der Waals surface area contributed by atoms with Crippen molar-refractivity contribution in [2.75, 3.05) is 19.8 Å². The van der Waals surface area contributed by atoms with Crippen LogP contribution >= 0.6 is 15.9 Å². The Balaban J connectivity index is 2.24. The first kappa shape index (κ1) is 13.0. The summed E-state index contributed by atoms with van der Waals surface area (Å²) < 4.78 is 19.6. The van der Waals surface area contributed by atoms with Gasteiger partial charge in [0, 0.05) is 23.0 Å². The molecule has 0 bridgehead atoms. The summed E-state index contributed by atoms with van der Waals surface area (Å²) in [7, 11) is 0. The van der Waals surface area contributed by atoms with Crippen LogP contribution < -0.4 is 5.32 Å². The van der Waals surface area contributed by atoms with E-state index in [1.54, 1.807) is 6.07 Å². The number of hydrogen-bond donors (Lipinski definition) is 1. The maximum absolute atomic E-state index is 13.4. The summed E-state index contributed by atoms with van der Waals surface area (Å²) in [5.74, 6) is 0.236. The highest BCUT2D eigenvalue weighted by Gasteiger charge is 2.26. The summed E-state index contributed by atoms with van der Waals surface area (Å²) in [6.45, 7) is 4.50. The summed E-state index contributed by atoms with van der Waals surface area (Å²) >= 11 is 3.34. The van der Waals surface area contributed by atoms with Gasteiger partial charge in [0.2, 0.25) is 0 Å². The monoisotopic (exact) mass is 301 g/mol. The molecule has 1 saturated heterocycles. The van der Waals surface area contributed by atoms with Crippen LogP contribution in [-0.4, -0.2) is 19.8 Å². The average molecular weight is 302 g/mol. The number of ether oxygens (including phenoxy) is 1. The maximum Gasteiger partial charge on any atom is 0.124 e. The second kappa shape index (κ2) is 5.94. The first-order valence-corrected chi connectivity index (χ1v) is 6.77. The van der Waals surface area contributed by atoms with Crippen LogP contribution in [0.25, 0.3) is 0 Å². The lowest BCUT2D eigenvalue weighted by molar-refractivity contribution is 0.177. The fourth-order valence-corrected chi connectivity index (χ4v) is 2.83. The van der Waals surface area contributed by atoms with Crippen molar-refractivity contribution in [3.63, 3.8) is 0 Å². The van der Waals surface area contributed by atoms with E-state index in [0.29, 0.717) is 5.92 Å². The molecule has 0 amide bonds. The van der Waals surface area contributed by atoms with Gasteiger partial charge in [0.05, 0.1) is 6.61 Å². The number of benzene rings is 1. The third kappa shape index (κ3) is 3.27. The van der Waals surface area contributed by atoms with Gasteiger partial charge in [-0.3, -0.25) is 0 Å². The third-order valence-electron chi connectivity index (χ3n) is 3.10. The van der Waals surface area contributed by atoms with E-state index in [1.165, 1.54) is 6.07 Å². The van der Waals surface area contributed by atoms with Crippen molar-refractivity contribution in [1.82, 2.24) is 5.32 Å². The lowest BCUT2D eigenvalue weighted by atomic mass is 9.92. The third-order valence-corrected chi connectivity index (χ3v) is 3.56. The van der Waals surface area contributed by atoms with Crippen molar-refractivity contribution in [3.8, 4) is 0 Å². The average Bonchev–Trinajstić information content (AvgIpc) is 2.77. The Kier molecular flexibility index (Phi) is 4.54. The van der Waals surface area contributed by atoms with Gasteiger partial charge in [-0.15, -0.1) is 0 Å². The second-order valence-electron chi connectivity index (χ2n) is 4.36. The number of rotatable bonds is 4. The minimum absolute atomic E-state index is 0.175. The standard InChI is InChI=1S/C13H17BrFNO/c1-2-16-13(9-3-4-17-8-9)10-5-11(14)7-12(15)6-10/h5-7,9,13,16H,2-4,8H2,1H3. The van der Waals surface area contributed by atoms with Crippen molar-refractivity contribution in [1.29, 1.82) is 0 Å². The highest BCUT2D eigenvalue weighted by atomic mass is 79.9. The fraction of sp³-hybridized carbons (Fsp3) is 0.538. The van der Waals surface area contributed by atoms with Crippen molar-refractivity contribution < 1.29 is 9.13 Å².